The first-order chi connectivity index (χ1) is 14.0. The molecule has 1 aromatic carbocycles. The maximum atomic E-state index is 12.6. The van der Waals surface area contributed by atoms with E-state index in [9.17, 15) is 18.0 Å². The average Bonchev–Trinajstić information content (AvgIpc) is 3.17. The van der Waals surface area contributed by atoms with Gasteiger partial charge in [0, 0.05) is 22.6 Å². The Morgan fingerprint density at radius 3 is 2.33 bits per heavy atom. The molecule has 0 fully saturated rings. The summed E-state index contributed by atoms with van der Waals surface area (Å²) in [5, 5.41) is 8.69. The molecule has 0 aliphatic rings. The number of benzene rings is 1. The van der Waals surface area contributed by atoms with Crippen molar-refractivity contribution < 1.29 is 27.3 Å². The van der Waals surface area contributed by atoms with E-state index in [0.717, 1.165) is 5.69 Å². The number of anilines is 1. The standard InChI is InChI=1S/C19H20N4O6S/c1-10-8-15(16(24)9-28-19(25)17-11(2)22-29-18(17)20)12(3)23(10)13-4-6-14(7-5-13)30(21,26)27/h4-8H,9,20H2,1-3H3,(H2,21,26,27). The summed E-state index contributed by atoms with van der Waals surface area (Å²) in [4.78, 5) is 24.8. The average molecular weight is 432 g/mol. The third-order valence-electron chi connectivity index (χ3n) is 4.58. The molecule has 158 valence electrons. The fourth-order valence-electron chi connectivity index (χ4n) is 3.14. The molecule has 0 spiro atoms. The van der Waals surface area contributed by atoms with Crippen LogP contribution in [0.25, 0.3) is 5.69 Å². The van der Waals surface area contributed by atoms with Gasteiger partial charge in [-0.25, -0.2) is 18.4 Å². The lowest BCUT2D eigenvalue weighted by Gasteiger charge is -2.10. The Labute approximate surface area is 172 Å². The van der Waals surface area contributed by atoms with Crippen LogP contribution in [0, 0.1) is 20.8 Å². The van der Waals surface area contributed by atoms with Gasteiger partial charge in [0.05, 0.1) is 10.6 Å². The SMILES string of the molecule is Cc1noc(N)c1C(=O)OCC(=O)c1cc(C)n(-c2ccc(S(N)(=O)=O)cc2)c1C. The highest BCUT2D eigenvalue weighted by Gasteiger charge is 2.23. The Kier molecular flexibility index (Phi) is 5.51. The van der Waals surface area contributed by atoms with Crippen LogP contribution in [0.4, 0.5) is 5.88 Å². The monoisotopic (exact) mass is 432 g/mol. The number of nitrogens with zero attached hydrogens (tertiary/aromatic N) is 2. The summed E-state index contributed by atoms with van der Waals surface area (Å²) in [6.07, 6.45) is 0. The summed E-state index contributed by atoms with van der Waals surface area (Å²) < 4.78 is 34.4. The number of aryl methyl sites for hydroxylation is 2. The van der Waals surface area contributed by atoms with Gasteiger partial charge in [0.25, 0.3) is 0 Å². The molecule has 0 amide bonds. The molecule has 0 saturated carbocycles. The Balaban J connectivity index is 1.81. The van der Waals surface area contributed by atoms with Gasteiger partial charge in [-0.3, -0.25) is 4.79 Å². The minimum atomic E-state index is -3.80. The number of Topliss-reactive ketones (excluding diaryl/α,β-unsaturated/α-hetero) is 1. The molecule has 11 heteroatoms. The lowest BCUT2D eigenvalue weighted by Crippen LogP contribution is -2.16. The number of esters is 1. The van der Waals surface area contributed by atoms with E-state index < -0.39 is 28.4 Å². The van der Waals surface area contributed by atoms with E-state index in [1.807, 2.05) is 0 Å². The van der Waals surface area contributed by atoms with Gasteiger partial charge in [-0.05, 0) is 51.1 Å². The van der Waals surface area contributed by atoms with Crippen molar-refractivity contribution in [3.8, 4) is 5.69 Å². The van der Waals surface area contributed by atoms with Gasteiger partial charge in [-0.15, -0.1) is 0 Å². The van der Waals surface area contributed by atoms with Crippen molar-refractivity contribution in [3.05, 3.63) is 58.5 Å². The molecule has 3 aromatic rings. The molecule has 4 N–H and O–H groups in total. The Hall–Kier alpha value is -3.44. The molecule has 0 saturated heterocycles. The van der Waals surface area contributed by atoms with Gasteiger partial charge in [0.2, 0.25) is 21.7 Å². The van der Waals surface area contributed by atoms with Gasteiger partial charge < -0.3 is 19.6 Å². The summed E-state index contributed by atoms with van der Waals surface area (Å²) in [6.45, 7) is 4.58. The highest BCUT2D eigenvalue weighted by molar-refractivity contribution is 7.89. The summed E-state index contributed by atoms with van der Waals surface area (Å²) in [7, 11) is -3.80. The Bertz CT molecular complexity index is 1220. The second kappa shape index (κ2) is 7.76. The number of carbonyl (C=O) groups excluding carboxylic acids is 2. The Morgan fingerprint density at radius 2 is 1.80 bits per heavy atom. The van der Waals surface area contributed by atoms with Crippen molar-refractivity contribution in [1.29, 1.82) is 0 Å². The fourth-order valence-corrected chi connectivity index (χ4v) is 3.66. The number of hydrogen-bond donors (Lipinski definition) is 2. The molecule has 2 aromatic heterocycles. The zero-order valence-corrected chi connectivity index (χ0v) is 17.3. The van der Waals surface area contributed by atoms with Crippen molar-refractivity contribution in [2.45, 2.75) is 25.7 Å². The summed E-state index contributed by atoms with van der Waals surface area (Å²) in [6, 6.07) is 7.62. The fraction of sp³-hybridized carbons (Fsp3) is 0.211. The molecule has 0 aliphatic heterocycles. The maximum Gasteiger partial charge on any atom is 0.346 e. The quantitative estimate of drug-likeness (QED) is 0.439. The summed E-state index contributed by atoms with van der Waals surface area (Å²) in [5.41, 5.74) is 8.17. The number of aromatic nitrogens is 2. The van der Waals surface area contributed by atoms with E-state index in [1.165, 1.54) is 19.1 Å². The zero-order chi connectivity index (χ0) is 22.2. The van der Waals surface area contributed by atoms with Crippen LogP contribution in [0.1, 0.15) is 37.8 Å². The third-order valence-corrected chi connectivity index (χ3v) is 5.51. The normalized spacial score (nSPS) is 11.5. The van der Waals surface area contributed by atoms with Crippen molar-refractivity contribution in [3.63, 3.8) is 0 Å². The lowest BCUT2D eigenvalue weighted by atomic mass is 10.1. The van der Waals surface area contributed by atoms with Crippen LogP contribution in [0.5, 0.6) is 0 Å². The van der Waals surface area contributed by atoms with E-state index in [1.54, 1.807) is 36.6 Å². The van der Waals surface area contributed by atoms with E-state index in [2.05, 4.69) is 5.16 Å². The molecule has 0 atom stereocenters. The molecular weight excluding hydrogens is 412 g/mol. The molecule has 10 nitrogen and oxygen atoms in total. The number of ketones is 1. The summed E-state index contributed by atoms with van der Waals surface area (Å²) >= 11 is 0. The van der Waals surface area contributed by atoms with Gasteiger partial charge in [0.15, 0.2) is 6.61 Å². The number of nitrogens with two attached hydrogens (primary N) is 2. The van der Waals surface area contributed by atoms with Gasteiger partial charge >= 0.3 is 5.97 Å². The molecule has 2 heterocycles. The van der Waals surface area contributed by atoms with Crippen molar-refractivity contribution >= 4 is 27.7 Å². The van der Waals surface area contributed by atoms with Crippen LogP contribution in [0.3, 0.4) is 0 Å². The minimum Gasteiger partial charge on any atom is -0.453 e. The zero-order valence-electron chi connectivity index (χ0n) is 16.5. The number of primary sulfonamides is 1. The second-order valence-corrected chi connectivity index (χ2v) is 8.23. The molecule has 0 bridgehead atoms. The van der Waals surface area contributed by atoms with Crippen molar-refractivity contribution in [2.24, 2.45) is 5.14 Å². The van der Waals surface area contributed by atoms with Crippen LogP contribution in [-0.2, 0) is 14.8 Å². The van der Waals surface area contributed by atoms with Crippen LogP contribution >= 0.6 is 0 Å². The van der Waals surface area contributed by atoms with Gasteiger partial charge in [-0.1, -0.05) is 5.16 Å². The predicted molar refractivity (Wildman–Crippen MR) is 107 cm³/mol. The van der Waals surface area contributed by atoms with E-state index >= 15 is 0 Å². The highest BCUT2D eigenvalue weighted by atomic mass is 32.2. The van der Waals surface area contributed by atoms with E-state index in [4.69, 9.17) is 20.1 Å². The molecule has 3 rings (SSSR count). The molecule has 0 radical (unpaired) electrons. The molecular formula is C19H20N4O6S. The topological polar surface area (TPSA) is 161 Å². The smallest absolute Gasteiger partial charge is 0.346 e. The van der Waals surface area contributed by atoms with E-state index in [-0.39, 0.29) is 22.0 Å². The van der Waals surface area contributed by atoms with Crippen LogP contribution in [0.15, 0.2) is 39.8 Å². The number of nitrogen functional groups attached to an aromatic ring is 1. The van der Waals surface area contributed by atoms with Crippen molar-refractivity contribution in [2.75, 3.05) is 12.3 Å². The third kappa shape index (κ3) is 3.98. The van der Waals surface area contributed by atoms with Crippen LogP contribution < -0.4 is 10.9 Å². The molecule has 0 unspecified atom stereocenters. The minimum absolute atomic E-state index is 0.0109. The number of carbonyl (C=O) groups is 2. The lowest BCUT2D eigenvalue weighted by molar-refractivity contribution is 0.0474. The first-order valence-electron chi connectivity index (χ1n) is 8.75. The van der Waals surface area contributed by atoms with Crippen LogP contribution in [0.2, 0.25) is 0 Å². The second-order valence-electron chi connectivity index (χ2n) is 6.67. The van der Waals surface area contributed by atoms with Crippen molar-refractivity contribution in [1.82, 2.24) is 9.72 Å². The molecule has 0 aliphatic carbocycles. The Morgan fingerprint density at radius 1 is 1.17 bits per heavy atom. The number of sulfonamides is 1. The predicted octanol–water partition coefficient (Wildman–Crippen LogP) is 1.66. The number of ether oxygens (including phenoxy) is 1. The van der Waals surface area contributed by atoms with Crippen LogP contribution in [-0.4, -0.2) is 36.5 Å². The highest BCUT2D eigenvalue weighted by Crippen LogP contribution is 2.23. The number of hydrogen-bond acceptors (Lipinski definition) is 8. The summed E-state index contributed by atoms with van der Waals surface area (Å²) in [5.74, 6) is -1.38. The molecule has 30 heavy (non-hydrogen) atoms. The van der Waals surface area contributed by atoms with Gasteiger partial charge in [0.1, 0.15) is 5.56 Å². The first-order valence-corrected chi connectivity index (χ1v) is 10.3. The first kappa shape index (κ1) is 21.3. The van der Waals surface area contributed by atoms with Gasteiger partial charge in [-0.2, -0.15) is 0 Å². The van der Waals surface area contributed by atoms with E-state index in [0.29, 0.717) is 16.9 Å². The largest absolute Gasteiger partial charge is 0.453 e. The number of rotatable bonds is 6. The maximum absolute atomic E-state index is 12.6.